The molecule has 0 radical (unpaired) electrons. The first-order valence-corrected chi connectivity index (χ1v) is 6.49. The van der Waals surface area contributed by atoms with Crippen LogP contribution in [-0.4, -0.2) is 29.1 Å². The largest absolute Gasteiger partial charge is 0.478 e. The monoisotopic (exact) mass is 248 g/mol. The number of carbonyl (C=O) groups is 1. The van der Waals surface area contributed by atoms with Gasteiger partial charge in [-0.15, -0.1) is 0 Å². The van der Waals surface area contributed by atoms with E-state index >= 15 is 0 Å². The van der Waals surface area contributed by atoms with Crippen LogP contribution in [0.5, 0.6) is 0 Å². The van der Waals surface area contributed by atoms with Gasteiger partial charge in [0.25, 0.3) is 0 Å². The van der Waals surface area contributed by atoms with Gasteiger partial charge in [-0.25, -0.2) is 4.79 Å². The Bertz CT molecular complexity index is 426. The zero-order chi connectivity index (χ0) is 13.1. The quantitative estimate of drug-likeness (QED) is 0.893. The van der Waals surface area contributed by atoms with E-state index in [1.165, 1.54) is 19.0 Å². The number of aromatic nitrogens is 1. The van der Waals surface area contributed by atoms with Crippen molar-refractivity contribution in [3.05, 3.63) is 24.0 Å². The molecule has 1 aromatic heterocycles. The molecule has 0 saturated heterocycles. The Balaban J connectivity index is 2.18. The highest BCUT2D eigenvalue weighted by Crippen LogP contribution is 2.30. The third-order valence-corrected chi connectivity index (χ3v) is 3.94. The van der Waals surface area contributed by atoms with Crippen molar-refractivity contribution in [3.8, 4) is 0 Å². The van der Waals surface area contributed by atoms with Gasteiger partial charge in [-0.05, 0) is 37.7 Å². The highest BCUT2D eigenvalue weighted by atomic mass is 16.4. The van der Waals surface area contributed by atoms with E-state index in [-0.39, 0.29) is 0 Å². The fraction of sp³-hybridized carbons (Fsp3) is 0.571. The van der Waals surface area contributed by atoms with Gasteiger partial charge in [0.05, 0.1) is 17.4 Å². The smallest absolute Gasteiger partial charge is 0.337 e. The molecule has 0 aliphatic heterocycles. The van der Waals surface area contributed by atoms with Crippen LogP contribution in [0.2, 0.25) is 0 Å². The summed E-state index contributed by atoms with van der Waals surface area (Å²) in [5.41, 5.74) is 1.07. The Labute approximate surface area is 108 Å². The predicted octanol–water partition coefficient (Wildman–Crippen LogP) is 2.79. The van der Waals surface area contributed by atoms with Crippen LogP contribution in [0.1, 0.15) is 43.0 Å². The van der Waals surface area contributed by atoms with Crippen LogP contribution >= 0.6 is 0 Å². The van der Waals surface area contributed by atoms with Crippen LogP contribution in [-0.2, 0) is 0 Å². The van der Waals surface area contributed by atoms with Gasteiger partial charge in [-0.3, -0.25) is 4.98 Å². The van der Waals surface area contributed by atoms with Crippen LogP contribution in [0, 0.1) is 5.92 Å². The summed E-state index contributed by atoms with van der Waals surface area (Å²) >= 11 is 0. The number of carboxylic acid groups (broad SMARTS) is 1. The minimum Gasteiger partial charge on any atom is -0.478 e. The van der Waals surface area contributed by atoms with Crippen molar-refractivity contribution in [2.45, 2.75) is 38.6 Å². The molecule has 0 spiro atoms. The summed E-state index contributed by atoms with van der Waals surface area (Å²) in [5, 5.41) is 9.20. The number of pyridine rings is 1. The first-order chi connectivity index (χ1) is 8.59. The summed E-state index contributed by atoms with van der Waals surface area (Å²) in [6.45, 7) is 2.28. The molecule has 1 N–H and O–H groups in total. The lowest BCUT2D eigenvalue weighted by Gasteiger charge is -2.35. The summed E-state index contributed by atoms with van der Waals surface area (Å²) in [5.74, 6) is -0.0917. The molecular weight excluding hydrogens is 228 g/mol. The van der Waals surface area contributed by atoms with E-state index in [0.29, 0.717) is 11.6 Å². The topological polar surface area (TPSA) is 53.4 Å². The molecule has 2 rings (SSSR count). The maximum Gasteiger partial charge on any atom is 0.337 e. The van der Waals surface area contributed by atoms with E-state index in [2.05, 4.69) is 16.8 Å². The number of rotatable bonds is 3. The molecule has 1 heterocycles. The minimum atomic E-state index is -0.886. The van der Waals surface area contributed by atoms with Crippen molar-refractivity contribution in [3.63, 3.8) is 0 Å². The third-order valence-electron chi connectivity index (χ3n) is 3.94. The highest BCUT2D eigenvalue weighted by molar-refractivity contribution is 5.94. The molecule has 1 aliphatic rings. The fourth-order valence-corrected chi connectivity index (χ4v) is 2.67. The Morgan fingerprint density at radius 2 is 2.06 bits per heavy atom. The molecule has 0 atom stereocenters. The molecular formula is C14H20N2O2. The zero-order valence-electron chi connectivity index (χ0n) is 11.0. The van der Waals surface area contributed by atoms with Gasteiger partial charge in [0.15, 0.2) is 0 Å². The molecule has 98 valence electrons. The standard InChI is InChI=1S/C14H20N2O2/c1-10-3-5-11(6-4-10)16(2)13-9-15-8-7-12(13)14(17)18/h7-11H,3-6H2,1-2H3,(H,17,18). The van der Waals surface area contributed by atoms with Crippen LogP contribution in [0.15, 0.2) is 18.5 Å². The number of hydrogen-bond acceptors (Lipinski definition) is 3. The Kier molecular flexibility index (Phi) is 3.84. The Morgan fingerprint density at radius 1 is 1.39 bits per heavy atom. The van der Waals surface area contributed by atoms with Crippen molar-refractivity contribution in [2.24, 2.45) is 5.92 Å². The van der Waals surface area contributed by atoms with Crippen molar-refractivity contribution in [1.29, 1.82) is 0 Å². The maximum atomic E-state index is 11.2. The van der Waals surface area contributed by atoms with Gasteiger partial charge in [0.2, 0.25) is 0 Å². The van der Waals surface area contributed by atoms with E-state index in [0.717, 1.165) is 24.4 Å². The highest BCUT2D eigenvalue weighted by Gasteiger charge is 2.24. The van der Waals surface area contributed by atoms with Gasteiger partial charge in [0, 0.05) is 19.3 Å². The Hall–Kier alpha value is -1.58. The molecule has 4 heteroatoms. The van der Waals surface area contributed by atoms with Gasteiger partial charge >= 0.3 is 5.97 Å². The lowest BCUT2D eigenvalue weighted by atomic mass is 9.86. The average molecular weight is 248 g/mol. The lowest BCUT2D eigenvalue weighted by Crippen LogP contribution is -2.35. The molecule has 1 aliphatic carbocycles. The van der Waals surface area contributed by atoms with Crippen molar-refractivity contribution in [1.82, 2.24) is 4.98 Å². The number of anilines is 1. The average Bonchev–Trinajstić information content (AvgIpc) is 2.39. The molecule has 1 saturated carbocycles. The summed E-state index contributed by atoms with van der Waals surface area (Å²) in [7, 11) is 1.98. The number of carboxylic acids is 1. The summed E-state index contributed by atoms with van der Waals surface area (Å²) in [6, 6.07) is 2.00. The molecule has 0 bridgehead atoms. The Morgan fingerprint density at radius 3 is 2.67 bits per heavy atom. The number of nitrogens with zero attached hydrogens (tertiary/aromatic N) is 2. The first-order valence-electron chi connectivity index (χ1n) is 6.49. The number of aromatic carboxylic acids is 1. The molecule has 1 fully saturated rings. The van der Waals surface area contributed by atoms with Crippen molar-refractivity contribution in [2.75, 3.05) is 11.9 Å². The van der Waals surface area contributed by atoms with Gasteiger partial charge in [0.1, 0.15) is 0 Å². The van der Waals surface area contributed by atoms with Gasteiger partial charge < -0.3 is 10.0 Å². The second kappa shape index (κ2) is 5.38. The molecule has 18 heavy (non-hydrogen) atoms. The normalized spacial score (nSPS) is 23.7. The van der Waals surface area contributed by atoms with Crippen LogP contribution < -0.4 is 4.90 Å². The van der Waals surface area contributed by atoms with E-state index in [9.17, 15) is 9.90 Å². The van der Waals surface area contributed by atoms with E-state index in [4.69, 9.17) is 0 Å². The van der Waals surface area contributed by atoms with Gasteiger partial charge in [-0.2, -0.15) is 0 Å². The molecule has 0 unspecified atom stereocenters. The minimum absolute atomic E-state index is 0.339. The van der Waals surface area contributed by atoms with E-state index in [1.54, 1.807) is 12.3 Å². The van der Waals surface area contributed by atoms with Gasteiger partial charge in [-0.1, -0.05) is 6.92 Å². The maximum absolute atomic E-state index is 11.2. The van der Waals surface area contributed by atoms with Crippen molar-refractivity contribution < 1.29 is 9.90 Å². The summed E-state index contributed by atoms with van der Waals surface area (Å²) < 4.78 is 0. The van der Waals surface area contributed by atoms with Crippen molar-refractivity contribution >= 4 is 11.7 Å². The van der Waals surface area contributed by atoms with E-state index in [1.807, 2.05) is 7.05 Å². The molecule has 0 amide bonds. The van der Waals surface area contributed by atoms with Crippen LogP contribution in [0.25, 0.3) is 0 Å². The number of hydrogen-bond donors (Lipinski definition) is 1. The predicted molar refractivity (Wildman–Crippen MR) is 71.0 cm³/mol. The fourth-order valence-electron chi connectivity index (χ4n) is 2.67. The second-order valence-corrected chi connectivity index (χ2v) is 5.22. The van der Waals surface area contributed by atoms with E-state index < -0.39 is 5.97 Å². The van der Waals surface area contributed by atoms with Crippen LogP contribution in [0.3, 0.4) is 0 Å². The molecule has 1 aromatic rings. The first kappa shape index (κ1) is 12.9. The molecule has 4 nitrogen and oxygen atoms in total. The molecule has 0 aromatic carbocycles. The third kappa shape index (κ3) is 2.63. The second-order valence-electron chi connectivity index (χ2n) is 5.22. The summed E-state index contributed by atoms with van der Waals surface area (Å²) in [6.07, 6.45) is 7.89. The summed E-state index contributed by atoms with van der Waals surface area (Å²) in [4.78, 5) is 17.3. The lowest BCUT2D eigenvalue weighted by molar-refractivity contribution is 0.0697. The SMILES string of the molecule is CC1CCC(N(C)c2cnccc2C(=O)O)CC1. The van der Waals surface area contributed by atoms with Crippen LogP contribution in [0.4, 0.5) is 5.69 Å². The zero-order valence-corrected chi connectivity index (χ0v) is 11.0.